The Morgan fingerprint density at radius 2 is 1.90 bits per heavy atom. The largest absolute Gasteiger partial charge is 0.392 e. The number of benzene rings is 1. The molecule has 1 unspecified atom stereocenters. The van der Waals surface area contributed by atoms with Crippen LogP contribution in [0.3, 0.4) is 0 Å². The molecule has 0 aliphatic carbocycles. The van der Waals surface area contributed by atoms with Gasteiger partial charge in [-0.15, -0.1) is 0 Å². The second kappa shape index (κ2) is 7.01. The normalized spacial score (nSPS) is 12.7. The van der Waals surface area contributed by atoms with Gasteiger partial charge in [-0.05, 0) is 30.5 Å². The van der Waals surface area contributed by atoms with Crippen LogP contribution in [0, 0.1) is 0 Å². The molecule has 1 aromatic carbocycles. The first-order chi connectivity index (χ1) is 9.92. The van der Waals surface area contributed by atoms with Crippen molar-refractivity contribution in [3.8, 4) is 0 Å². The summed E-state index contributed by atoms with van der Waals surface area (Å²) in [7, 11) is 1.84. The van der Waals surface area contributed by atoms with Crippen molar-refractivity contribution in [2.24, 2.45) is 7.05 Å². The molecule has 0 bridgehead atoms. The lowest BCUT2D eigenvalue weighted by Crippen LogP contribution is -2.16. The van der Waals surface area contributed by atoms with Crippen LogP contribution in [0.1, 0.15) is 23.9 Å². The van der Waals surface area contributed by atoms with Gasteiger partial charge in [0.05, 0.1) is 32.6 Å². The van der Waals surface area contributed by atoms with Gasteiger partial charge in [-0.3, -0.25) is 4.68 Å². The van der Waals surface area contributed by atoms with Gasteiger partial charge in [0, 0.05) is 13.5 Å². The van der Waals surface area contributed by atoms with E-state index in [4.69, 9.17) is 34.8 Å². The highest BCUT2D eigenvalue weighted by Crippen LogP contribution is 2.25. The van der Waals surface area contributed by atoms with Crippen LogP contribution in [0.5, 0.6) is 0 Å². The fourth-order valence-corrected chi connectivity index (χ4v) is 2.97. The van der Waals surface area contributed by atoms with E-state index in [-0.39, 0.29) is 0 Å². The topological polar surface area (TPSA) is 38.0 Å². The maximum Gasteiger partial charge on any atom is 0.0850 e. The van der Waals surface area contributed by atoms with Gasteiger partial charge in [-0.25, -0.2) is 0 Å². The highest BCUT2D eigenvalue weighted by molar-refractivity contribution is 6.42. The number of halogens is 3. The predicted octanol–water partition coefficient (Wildman–Crippen LogP) is 4.09. The molecule has 3 nitrogen and oxygen atoms in total. The Morgan fingerprint density at radius 3 is 2.48 bits per heavy atom. The second-order valence-corrected chi connectivity index (χ2v) is 6.19. The van der Waals surface area contributed by atoms with E-state index in [2.05, 4.69) is 5.10 Å². The summed E-state index contributed by atoms with van der Waals surface area (Å²) in [6.07, 6.45) is 1.15. The first-order valence-corrected chi connectivity index (χ1v) is 7.88. The molecular formula is C15H17Cl3N2O. The fourth-order valence-electron chi connectivity index (χ4n) is 2.28. The Labute approximate surface area is 139 Å². The lowest BCUT2D eigenvalue weighted by Gasteiger charge is -2.12. The number of aromatic nitrogens is 2. The molecule has 0 spiro atoms. The lowest BCUT2D eigenvalue weighted by atomic mass is 10.0. The summed E-state index contributed by atoms with van der Waals surface area (Å²) < 4.78 is 1.74. The first kappa shape index (κ1) is 16.6. The van der Waals surface area contributed by atoms with Crippen molar-refractivity contribution in [2.45, 2.75) is 32.3 Å². The number of rotatable bonds is 5. The summed E-state index contributed by atoms with van der Waals surface area (Å²) >= 11 is 18.2. The molecule has 114 valence electrons. The molecule has 1 atom stereocenters. The molecule has 1 heterocycles. The van der Waals surface area contributed by atoms with Gasteiger partial charge < -0.3 is 5.11 Å². The Bertz CT molecular complexity index is 640. The molecule has 2 aromatic rings. The van der Waals surface area contributed by atoms with Crippen LogP contribution < -0.4 is 0 Å². The third kappa shape index (κ3) is 3.92. The average Bonchev–Trinajstić information content (AvgIpc) is 2.70. The van der Waals surface area contributed by atoms with E-state index in [0.29, 0.717) is 27.9 Å². The first-order valence-electron chi connectivity index (χ1n) is 6.74. The Hall–Kier alpha value is -0.740. The molecule has 1 aromatic heterocycles. The van der Waals surface area contributed by atoms with Crippen molar-refractivity contribution in [3.05, 3.63) is 50.2 Å². The zero-order valence-corrected chi connectivity index (χ0v) is 14.2. The standard InChI is InChI=1S/C15H17Cl3N2O/c1-3-13-15(18)14(20(2)19-13)8-10(21)6-9-4-5-11(16)12(17)7-9/h4-5,7,10,21H,3,6,8H2,1-2H3. The van der Waals surface area contributed by atoms with Crippen molar-refractivity contribution in [3.63, 3.8) is 0 Å². The van der Waals surface area contributed by atoms with Gasteiger partial charge in [0.1, 0.15) is 0 Å². The molecule has 0 aliphatic rings. The van der Waals surface area contributed by atoms with E-state index < -0.39 is 6.10 Å². The predicted molar refractivity (Wildman–Crippen MR) is 87.5 cm³/mol. The number of aliphatic hydroxyl groups excluding tert-OH is 1. The summed E-state index contributed by atoms with van der Waals surface area (Å²) in [4.78, 5) is 0. The molecule has 0 fully saturated rings. The molecular weight excluding hydrogens is 331 g/mol. The number of hydrogen-bond donors (Lipinski definition) is 1. The summed E-state index contributed by atoms with van der Waals surface area (Å²) in [5.41, 5.74) is 2.64. The van der Waals surface area contributed by atoms with Crippen LogP contribution >= 0.6 is 34.8 Å². The number of aliphatic hydroxyl groups is 1. The molecule has 21 heavy (non-hydrogen) atoms. The zero-order valence-electron chi connectivity index (χ0n) is 11.9. The van der Waals surface area contributed by atoms with Gasteiger partial charge in [0.25, 0.3) is 0 Å². The molecule has 0 amide bonds. The monoisotopic (exact) mass is 346 g/mol. The van der Waals surface area contributed by atoms with Crippen molar-refractivity contribution in [2.75, 3.05) is 0 Å². The maximum atomic E-state index is 10.3. The van der Waals surface area contributed by atoms with Crippen molar-refractivity contribution in [1.29, 1.82) is 0 Å². The van der Waals surface area contributed by atoms with Crippen molar-refractivity contribution >= 4 is 34.8 Å². The number of hydrogen-bond acceptors (Lipinski definition) is 2. The van der Waals surface area contributed by atoms with Crippen LogP contribution in [0.25, 0.3) is 0 Å². The fraction of sp³-hybridized carbons (Fsp3) is 0.400. The van der Waals surface area contributed by atoms with Crippen LogP contribution in [-0.4, -0.2) is 21.0 Å². The molecule has 0 saturated carbocycles. The Morgan fingerprint density at radius 1 is 1.19 bits per heavy atom. The third-order valence-corrected chi connectivity index (χ3v) is 4.56. The van der Waals surface area contributed by atoms with Gasteiger partial charge in [-0.2, -0.15) is 5.10 Å². The van der Waals surface area contributed by atoms with E-state index in [1.807, 2.05) is 20.0 Å². The molecule has 2 rings (SSSR count). The number of nitrogens with zero attached hydrogens (tertiary/aromatic N) is 2. The van der Waals surface area contributed by atoms with Gasteiger partial charge in [0.2, 0.25) is 0 Å². The second-order valence-electron chi connectivity index (χ2n) is 5.00. The smallest absolute Gasteiger partial charge is 0.0850 e. The quantitative estimate of drug-likeness (QED) is 0.884. The van der Waals surface area contributed by atoms with E-state index in [1.165, 1.54) is 0 Å². The van der Waals surface area contributed by atoms with E-state index in [0.717, 1.165) is 23.4 Å². The summed E-state index contributed by atoms with van der Waals surface area (Å²) in [6.45, 7) is 2.00. The van der Waals surface area contributed by atoms with Crippen LogP contribution in [-0.2, 0) is 26.3 Å². The number of aryl methyl sites for hydroxylation is 2. The van der Waals surface area contributed by atoms with Gasteiger partial charge in [-0.1, -0.05) is 47.8 Å². The SMILES string of the molecule is CCc1nn(C)c(CC(O)Cc2ccc(Cl)c(Cl)c2)c1Cl. The van der Waals surface area contributed by atoms with E-state index in [9.17, 15) is 5.11 Å². The summed E-state index contributed by atoms with van der Waals surface area (Å²) in [5.74, 6) is 0. The van der Waals surface area contributed by atoms with Crippen LogP contribution in [0.2, 0.25) is 15.1 Å². The van der Waals surface area contributed by atoms with E-state index in [1.54, 1.807) is 16.8 Å². The highest BCUT2D eigenvalue weighted by atomic mass is 35.5. The average molecular weight is 348 g/mol. The van der Waals surface area contributed by atoms with Gasteiger partial charge >= 0.3 is 0 Å². The van der Waals surface area contributed by atoms with Crippen LogP contribution in [0.4, 0.5) is 0 Å². The van der Waals surface area contributed by atoms with Crippen molar-refractivity contribution < 1.29 is 5.11 Å². The lowest BCUT2D eigenvalue weighted by molar-refractivity contribution is 0.173. The molecule has 0 aliphatic heterocycles. The minimum Gasteiger partial charge on any atom is -0.392 e. The van der Waals surface area contributed by atoms with Crippen LogP contribution in [0.15, 0.2) is 18.2 Å². The van der Waals surface area contributed by atoms with E-state index >= 15 is 0 Å². The molecule has 0 saturated heterocycles. The minimum absolute atomic E-state index is 0.447. The zero-order chi connectivity index (χ0) is 15.6. The molecule has 0 radical (unpaired) electrons. The maximum absolute atomic E-state index is 10.3. The Kier molecular flexibility index (Phi) is 5.55. The highest BCUT2D eigenvalue weighted by Gasteiger charge is 2.17. The molecule has 1 N–H and O–H groups in total. The summed E-state index contributed by atoms with van der Waals surface area (Å²) in [6, 6.07) is 5.37. The minimum atomic E-state index is -0.556. The molecule has 6 heteroatoms. The third-order valence-electron chi connectivity index (χ3n) is 3.39. The van der Waals surface area contributed by atoms with Gasteiger partial charge in [0.15, 0.2) is 0 Å². The summed E-state index contributed by atoms with van der Waals surface area (Å²) in [5, 5.41) is 16.3. The van der Waals surface area contributed by atoms with Crippen molar-refractivity contribution in [1.82, 2.24) is 9.78 Å². The Balaban J connectivity index is 2.09.